The predicted molar refractivity (Wildman–Crippen MR) is 221 cm³/mol. The van der Waals surface area contributed by atoms with E-state index in [1.54, 1.807) is 0 Å². The zero-order chi connectivity index (χ0) is 35.8. The van der Waals surface area contributed by atoms with Crippen LogP contribution in [0, 0.1) is 5.92 Å². The van der Waals surface area contributed by atoms with Crippen LogP contribution in [0.3, 0.4) is 0 Å². The molecule has 1 heterocycles. The van der Waals surface area contributed by atoms with Crippen molar-refractivity contribution in [2.24, 2.45) is 5.92 Å². The summed E-state index contributed by atoms with van der Waals surface area (Å²) < 4.78 is 1.16. The third-order valence-electron chi connectivity index (χ3n) is 11.8. The SMILES string of the molecule is CC1(c2ccc(-c3cccc(-c4cccc(-c5nc(-c6ccccc6)nc(-c6ccccc6)n5)c4)c3)cc2)CC2CCCC(c3ccc(Br)cc3)(C2)C1. The largest absolute Gasteiger partial charge is 0.208 e. The van der Waals surface area contributed by atoms with Gasteiger partial charge in [-0.1, -0.05) is 169 Å². The third-order valence-corrected chi connectivity index (χ3v) is 12.3. The van der Waals surface area contributed by atoms with Gasteiger partial charge in [-0.3, -0.25) is 0 Å². The molecular weight excluding hydrogens is 710 g/mol. The van der Waals surface area contributed by atoms with Gasteiger partial charge in [-0.25, -0.2) is 15.0 Å². The summed E-state index contributed by atoms with van der Waals surface area (Å²) in [6.45, 7) is 2.53. The molecule has 260 valence electrons. The number of aromatic nitrogens is 3. The molecule has 2 saturated carbocycles. The van der Waals surface area contributed by atoms with Crippen molar-refractivity contribution in [3.63, 3.8) is 0 Å². The van der Waals surface area contributed by atoms with Gasteiger partial charge in [0.1, 0.15) is 0 Å². The lowest BCUT2D eigenvalue weighted by molar-refractivity contribution is 0.0874. The topological polar surface area (TPSA) is 38.7 Å². The molecule has 2 aliphatic rings. The van der Waals surface area contributed by atoms with E-state index in [-0.39, 0.29) is 10.8 Å². The summed E-state index contributed by atoms with van der Waals surface area (Å²) in [6.07, 6.45) is 7.81. The molecule has 3 nitrogen and oxygen atoms in total. The molecule has 4 heteroatoms. The van der Waals surface area contributed by atoms with Crippen molar-refractivity contribution in [3.8, 4) is 56.4 Å². The molecule has 2 aliphatic carbocycles. The molecule has 0 spiro atoms. The van der Waals surface area contributed by atoms with Crippen LogP contribution >= 0.6 is 15.9 Å². The summed E-state index contributed by atoms with van der Waals surface area (Å²) in [6, 6.07) is 56.4. The Morgan fingerprint density at radius 2 is 0.981 bits per heavy atom. The van der Waals surface area contributed by atoms with Crippen LogP contribution in [0.25, 0.3) is 56.4 Å². The molecule has 0 amide bonds. The minimum Gasteiger partial charge on any atom is -0.208 e. The van der Waals surface area contributed by atoms with Crippen LogP contribution in [-0.4, -0.2) is 15.0 Å². The number of rotatable bonds is 7. The van der Waals surface area contributed by atoms with E-state index in [0.717, 1.165) is 38.2 Å². The minimum absolute atomic E-state index is 0.160. The molecule has 3 unspecified atom stereocenters. The first kappa shape index (κ1) is 33.6. The maximum atomic E-state index is 4.97. The van der Waals surface area contributed by atoms with Crippen molar-refractivity contribution in [2.45, 2.75) is 56.3 Å². The lowest BCUT2D eigenvalue weighted by Crippen LogP contribution is -2.46. The summed E-state index contributed by atoms with van der Waals surface area (Å²) in [5.74, 6) is 2.78. The lowest BCUT2D eigenvalue weighted by atomic mass is 9.51. The van der Waals surface area contributed by atoms with Crippen LogP contribution in [0.5, 0.6) is 0 Å². The Labute approximate surface area is 321 Å². The average Bonchev–Trinajstić information content (AvgIpc) is 3.21. The third kappa shape index (κ3) is 6.77. The average molecular weight is 753 g/mol. The van der Waals surface area contributed by atoms with E-state index >= 15 is 0 Å². The predicted octanol–water partition coefficient (Wildman–Crippen LogP) is 13.1. The minimum atomic E-state index is 0.160. The lowest BCUT2D eigenvalue weighted by Gasteiger charge is -2.53. The zero-order valence-electron chi connectivity index (χ0n) is 30.1. The first-order chi connectivity index (χ1) is 25.9. The Hall–Kier alpha value is -5.19. The van der Waals surface area contributed by atoms with Crippen LogP contribution < -0.4 is 0 Å². The van der Waals surface area contributed by atoms with Gasteiger partial charge in [0.2, 0.25) is 0 Å². The van der Waals surface area contributed by atoms with E-state index < -0.39 is 0 Å². The number of hydrogen-bond donors (Lipinski definition) is 0. The molecule has 1 aromatic heterocycles. The first-order valence-corrected chi connectivity index (χ1v) is 19.7. The fraction of sp³-hybridized carbons (Fsp3) is 0.204. The highest BCUT2D eigenvalue weighted by Gasteiger charge is 2.49. The van der Waals surface area contributed by atoms with Gasteiger partial charge in [-0.2, -0.15) is 0 Å². The summed E-state index contributed by atoms with van der Waals surface area (Å²) in [7, 11) is 0. The van der Waals surface area contributed by atoms with Crippen molar-refractivity contribution < 1.29 is 0 Å². The van der Waals surface area contributed by atoms with Gasteiger partial charge in [-0.05, 0) is 100 Å². The van der Waals surface area contributed by atoms with Gasteiger partial charge in [0.25, 0.3) is 0 Å². The van der Waals surface area contributed by atoms with Gasteiger partial charge in [0.15, 0.2) is 17.5 Å². The zero-order valence-corrected chi connectivity index (χ0v) is 31.6. The Morgan fingerprint density at radius 3 is 1.58 bits per heavy atom. The van der Waals surface area contributed by atoms with E-state index in [1.807, 2.05) is 60.7 Å². The first-order valence-electron chi connectivity index (χ1n) is 18.9. The number of nitrogens with zero attached hydrogens (tertiary/aromatic N) is 3. The highest BCUT2D eigenvalue weighted by atomic mass is 79.9. The van der Waals surface area contributed by atoms with Gasteiger partial charge in [-0.15, -0.1) is 0 Å². The Morgan fingerprint density at radius 1 is 0.491 bits per heavy atom. The van der Waals surface area contributed by atoms with Crippen LogP contribution in [0.1, 0.15) is 56.6 Å². The highest BCUT2D eigenvalue weighted by molar-refractivity contribution is 9.10. The molecule has 2 bridgehead atoms. The molecule has 53 heavy (non-hydrogen) atoms. The summed E-state index contributed by atoms with van der Waals surface area (Å²) in [5, 5.41) is 0. The molecule has 0 radical (unpaired) electrons. The molecule has 6 aromatic carbocycles. The van der Waals surface area contributed by atoms with Crippen molar-refractivity contribution >= 4 is 15.9 Å². The normalized spacial score (nSPS) is 20.9. The van der Waals surface area contributed by atoms with Crippen LogP contribution in [0.4, 0.5) is 0 Å². The van der Waals surface area contributed by atoms with Gasteiger partial charge >= 0.3 is 0 Å². The molecule has 0 N–H and O–H groups in total. The second-order valence-electron chi connectivity index (χ2n) is 15.5. The van der Waals surface area contributed by atoms with E-state index in [4.69, 9.17) is 15.0 Å². The van der Waals surface area contributed by atoms with E-state index in [1.165, 1.54) is 60.8 Å². The summed E-state index contributed by atoms with van der Waals surface area (Å²) in [5.41, 5.74) is 11.1. The van der Waals surface area contributed by atoms with Gasteiger partial charge in [0.05, 0.1) is 0 Å². The van der Waals surface area contributed by atoms with Crippen molar-refractivity contribution in [2.75, 3.05) is 0 Å². The van der Waals surface area contributed by atoms with Gasteiger partial charge < -0.3 is 0 Å². The molecule has 0 saturated heterocycles. The number of fused-ring (bicyclic) bond motifs is 2. The van der Waals surface area contributed by atoms with Crippen LogP contribution in [-0.2, 0) is 10.8 Å². The van der Waals surface area contributed by atoms with Crippen molar-refractivity contribution in [1.82, 2.24) is 15.0 Å². The quantitative estimate of drug-likeness (QED) is 0.163. The van der Waals surface area contributed by atoms with E-state index in [2.05, 4.69) is 120 Å². The highest BCUT2D eigenvalue weighted by Crippen LogP contribution is 2.57. The Kier molecular flexibility index (Phi) is 8.87. The molecule has 2 fully saturated rings. The van der Waals surface area contributed by atoms with E-state index in [9.17, 15) is 0 Å². The number of benzene rings is 6. The fourth-order valence-electron chi connectivity index (χ4n) is 9.38. The van der Waals surface area contributed by atoms with E-state index in [0.29, 0.717) is 17.5 Å². The molecular formula is C49H42BrN3. The van der Waals surface area contributed by atoms with Crippen molar-refractivity contribution in [3.05, 3.63) is 173 Å². The summed E-state index contributed by atoms with van der Waals surface area (Å²) in [4.78, 5) is 14.8. The van der Waals surface area contributed by atoms with Crippen LogP contribution in [0.15, 0.2) is 162 Å². The monoisotopic (exact) mass is 751 g/mol. The maximum absolute atomic E-state index is 4.97. The van der Waals surface area contributed by atoms with Crippen LogP contribution in [0.2, 0.25) is 0 Å². The summed E-state index contributed by atoms with van der Waals surface area (Å²) >= 11 is 3.66. The number of halogens is 1. The molecule has 3 atom stereocenters. The number of hydrogen-bond acceptors (Lipinski definition) is 3. The molecule has 9 rings (SSSR count). The van der Waals surface area contributed by atoms with Crippen molar-refractivity contribution in [1.29, 1.82) is 0 Å². The Bertz CT molecular complexity index is 2320. The molecule has 0 aliphatic heterocycles. The second kappa shape index (κ2) is 14.0. The maximum Gasteiger partial charge on any atom is 0.164 e. The standard InChI is InChI=1S/C49H42BrN3/c1-48(31-34-11-10-28-49(32-34,33-48)43-24-26-44(50)27-25-43)42-22-20-35(21-23-42)38-16-8-17-39(29-38)40-18-9-19-41(30-40)47-52-45(36-12-4-2-5-13-36)51-46(53-47)37-14-6-3-7-15-37/h2-9,12-27,29-30,34H,10-11,28,31-33H2,1H3. The molecule has 7 aromatic rings. The second-order valence-corrected chi connectivity index (χ2v) is 16.4. The van der Waals surface area contributed by atoms with Gasteiger partial charge in [0, 0.05) is 21.2 Å². The smallest absolute Gasteiger partial charge is 0.164 e. The fourth-order valence-corrected chi connectivity index (χ4v) is 9.65. The Balaban J connectivity index is 1.01.